The Balaban J connectivity index is 2.93. The highest BCUT2D eigenvalue weighted by atomic mass is 14.6. The molecule has 0 aromatic carbocycles. The maximum absolute atomic E-state index is 5.64. The molecule has 0 spiro atoms. The summed E-state index contributed by atoms with van der Waals surface area (Å²) in [7, 11) is 0. The molecule has 2 N–H and O–H groups in total. The molecular weight excluding hydrogens is 122 g/mol. The summed E-state index contributed by atoms with van der Waals surface area (Å²) in [6.07, 6.45) is 10.1. The highest BCUT2D eigenvalue weighted by molar-refractivity contribution is 5.28. The second-order valence-electron chi connectivity index (χ2n) is 3.18. The van der Waals surface area contributed by atoms with E-state index in [1.165, 1.54) is 0 Å². The lowest BCUT2D eigenvalue weighted by molar-refractivity contribution is 0.623. The standard InChI is InChI=1S/C9H13N/c1-9(2)6-4-3-5-8(10)7-9/h3-7H,10H2,1-2H3. The molecule has 0 radical (unpaired) electrons. The van der Waals surface area contributed by atoms with Gasteiger partial charge in [-0.15, -0.1) is 0 Å². The highest BCUT2D eigenvalue weighted by Crippen LogP contribution is 2.21. The molecule has 10 heavy (non-hydrogen) atoms. The van der Waals surface area contributed by atoms with Crippen molar-refractivity contribution in [2.45, 2.75) is 13.8 Å². The van der Waals surface area contributed by atoms with E-state index in [0.29, 0.717) is 0 Å². The minimum atomic E-state index is 0.105. The van der Waals surface area contributed by atoms with Gasteiger partial charge in [0.1, 0.15) is 0 Å². The van der Waals surface area contributed by atoms with Crippen molar-refractivity contribution in [1.82, 2.24) is 0 Å². The van der Waals surface area contributed by atoms with Gasteiger partial charge in [-0.25, -0.2) is 0 Å². The molecule has 1 nitrogen and oxygen atoms in total. The van der Waals surface area contributed by atoms with Crippen LogP contribution in [0.1, 0.15) is 13.8 Å². The molecule has 1 aliphatic rings. The topological polar surface area (TPSA) is 26.0 Å². The molecule has 1 aliphatic carbocycles. The Labute approximate surface area is 61.9 Å². The third-order valence-electron chi connectivity index (χ3n) is 1.46. The van der Waals surface area contributed by atoms with Crippen molar-refractivity contribution in [2.75, 3.05) is 0 Å². The maximum atomic E-state index is 5.64. The van der Waals surface area contributed by atoms with Crippen molar-refractivity contribution in [1.29, 1.82) is 0 Å². The molecule has 54 valence electrons. The predicted molar refractivity (Wildman–Crippen MR) is 44.3 cm³/mol. The van der Waals surface area contributed by atoms with Gasteiger partial charge in [-0.2, -0.15) is 0 Å². The Kier molecular flexibility index (Phi) is 1.66. The quantitative estimate of drug-likeness (QED) is 0.540. The van der Waals surface area contributed by atoms with Crippen LogP contribution < -0.4 is 5.73 Å². The summed E-state index contributed by atoms with van der Waals surface area (Å²) in [5.41, 5.74) is 6.59. The van der Waals surface area contributed by atoms with Crippen LogP contribution in [-0.4, -0.2) is 0 Å². The third kappa shape index (κ3) is 1.76. The van der Waals surface area contributed by atoms with Crippen LogP contribution in [0.3, 0.4) is 0 Å². The number of nitrogens with two attached hydrogens (primary N) is 1. The van der Waals surface area contributed by atoms with Gasteiger partial charge in [0.25, 0.3) is 0 Å². The van der Waals surface area contributed by atoms with Gasteiger partial charge >= 0.3 is 0 Å². The zero-order chi connectivity index (χ0) is 7.61. The van der Waals surface area contributed by atoms with E-state index >= 15 is 0 Å². The van der Waals surface area contributed by atoms with Crippen LogP contribution in [0.25, 0.3) is 0 Å². The third-order valence-corrected chi connectivity index (χ3v) is 1.46. The Morgan fingerprint density at radius 2 is 2.00 bits per heavy atom. The van der Waals surface area contributed by atoms with Crippen molar-refractivity contribution in [3.63, 3.8) is 0 Å². The van der Waals surface area contributed by atoms with Gasteiger partial charge in [0, 0.05) is 11.1 Å². The molecule has 0 unspecified atom stereocenters. The molecular formula is C9H13N. The van der Waals surface area contributed by atoms with E-state index in [4.69, 9.17) is 5.73 Å². The summed E-state index contributed by atoms with van der Waals surface area (Å²) < 4.78 is 0. The first kappa shape index (κ1) is 7.13. The maximum Gasteiger partial charge on any atom is 0.0282 e. The summed E-state index contributed by atoms with van der Waals surface area (Å²) in [4.78, 5) is 0. The Morgan fingerprint density at radius 3 is 2.70 bits per heavy atom. The van der Waals surface area contributed by atoms with Gasteiger partial charge in [0.05, 0.1) is 0 Å². The second kappa shape index (κ2) is 2.33. The first-order valence-electron chi connectivity index (χ1n) is 3.44. The van der Waals surface area contributed by atoms with Crippen molar-refractivity contribution in [3.05, 3.63) is 36.1 Å². The molecule has 0 heterocycles. The smallest absolute Gasteiger partial charge is 0.0282 e. The number of allylic oxidation sites excluding steroid dienone is 5. The van der Waals surface area contributed by atoms with Crippen LogP contribution in [0.2, 0.25) is 0 Å². The number of hydrogen-bond acceptors (Lipinski definition) is 1. The van der Waals surface area contributed by atoms with Crippen LogP contribution in [0.5, 0.6) is 0 Å². The molecule has 0 saturated carbocycles. The van der Waals surface area contributed by atoms with Gasteiger partial charge in [-0.3, -0.25) is 0 Å². The second-order valence-corrected chi connectivity index (χ2v) is 3.18. The van der Waals surface area contributed by atoms with Gasteiger partial charge < -0.3 is 5.73 Å². The summed E-state index contributed by atoms with van der Waals surface area (Å²) in [5, 5.41) is 0. The fourth-order valence-electron chi connectivity index (χ4n) is 0.996. The molecule has 0 amide bonds. The van der Waals surface area contributed by atoms with Crippen LogP contribution >= 0.6 is 0 Å². The highest BCUT2D eigenvalue weighted by Gasteiger charge is 2.10. The summed E-state index contributed by atoms with van der Waals surface area (Å²) in [5.74, 6) is 0. The van der Waals surface area contributed by atoms with Gasteiger partial charge in [0.2, 0.25) is 0 Å². The Morgan fingerprint density at radius 1 is 1.30 bits per heavy atom. The predicted octanol–water partition coefficient (Wildman–Crippen LogP) is 1.98. The van der Waals surface area contributed by atoms with Gasteiger partial charge in [0.15, 0.2) is 0 Å². The summed E-state index contributed by atoms with van der Waals surface area (Å²) in [6.45, 7) is 4.26. The van der Waals surface area contributed by atoms with E-state index in [9.17, 15) is 0 Å². The summed E-state index contributed by atoms with van der Waals surface area (Å²) in [6, 6.07) is 0. The minimum Gasteiger partial charge on any atom is -0.399 e. The Bertz CT molecular complexity index is 207. The molecule has 0 fully saturated rings. The fourth-order valence-corrected chi connectivity index (χ4v) is 0.996. The van der Waals surface area contributed by atoms with E-state index in [2.05, 4.69) is 19.9 Å². The SMILES string of the molecule is CC1(C)C=CC=CC(N)=C1. The molecule has 1 rings (SSSR count). The van der Waals surface area contributed by atoms with Crippen LogP contribution in [0.15, 0.2) is 36.1 Å². The van der Waals surface area contributed by atoms with Crippen LogP contribution in [0.4, 0.5) is 0 Å². The van der Waals surface area contributed by atoms with E-state index in [0.717, 1.165) is 5.70 Å². The Hall–Kier alpha value is -0.980. The monoisotopic (exact) mass is 135 g/mol. The minimum absolute atomic E-state index is 0.105. The molecule has 0 atom stereocenters. The first-order valence-corrected chi connectivity index (χ1v) is 3.44. The zero-order valence-corrected chi connectivity index (χ0v) is 6.46. The lowest BCUT2D eigenvalue weighted by Crippen LogP contribution is -2.05. The van der Waals surface area contributed by atoms with Crippen LogP contribution in [0, 0.1) is 5.41 Å². The molecule has 1 heteroatoms. The zero-order valence-electron chi connectivity index (χ0n) is 6.46. The summed E-state index contributed by atoms with van der Waals surface area (Å²) >= 11 is 0. The molecule has 0 bridgehead atoms. The average Bonchev–Trinajstić information content (AvgIpc) is 1.90. The van der Waals surface area contributed by atoms with Crippen molar-refractivity contribution >= 4 is 0 Å². The molecule has 0 aromatic heterocycles. The van der Waals surface area contributed by atoms with Crippen molar-refractivity contribution in [3.8, 4) is 0 Å². The molecule has 0 aromatic rings. The lowest BCUT2D eigenvalue weighted by atomic mass is 9.93. The van der Waals surface area contributed by atoms with E-state index in [1.54, 1.807) is 0 Å². The largest absolute Gasteiger partial charge is 0.399 e. The van der Waals surface area contributed by atoms with Crippen molar-refractivity contribution in [2.24, 2.45) is 11.1 Å². The first-order chi connectivity index (χ1) is 4.60. The van der Waals surface area contributed by atoms with E-state index in [-0.39, 0.29) is 5.41 Å². The van der Waals surface area contributed by atoms with E-state index < -0.39 is 0 Å². The van der Waals surface area contributed by atoms with Gasteiger partial charge in [-0.1, -0.05) is 38.2 Å². The van der Waals surface area contributed by atoms with E-state index in [1.807, 2.05) is 24.3 Å². The normalized spacial score (nSPS) is 22.0. The number of rotatable bonds is 0. The van der Waals surface area contributed by atoms with Gasteiger partial charge in [-0.05, 0) is 6.08 Å². The van der Waals surface area contributed by atoms with Crippen molar-refractivity contribution < 1.29 is 0 Å². The number of hydrogen-bond donors (Lipinski definition) is 1. The molecule has 0 aliphatic heterocycles. The van der Waals surface area contributed by atoms with Crippen LogP contribution in [-0.2, 0) is 0 Å². The fraction of sp³-hybridized carbons (Fsp3) is 0.333. The molecule has 0 saturated heterocycles. The average molecular weight is 135 g/mol. The lowest BCUT2D eigenvalue weighted by Gasteiger charge is -2.13.